The molecule has 3 aromatic rings. The largest absolute Gasteiger partial charge is 0.361 e. The molecular weight excluding hydrogens is 302 g/mol. The molecule has 122 valence electrons. The number of benzene rings is 1. The molecule has 1 saturated carbocycles. The summed E-state index contributed by atoms with van der Waals surface area (Å²) >= 11 is 0. The Bertz CT molecular complexity index is 907. The zero-order valence-electron chi connectivity index (χ0n) is 13.4. The van der Waals surface area contributed by atoms with E-state index in [2.05, 4.69) is 19.7 Å². The Kier molecular flexibility index (Phi) is 2.98. The summed E-state index contributed by atoms with van der Waals surface area (Å²) in [5.41, 5.74) is 1.82. The molecule has 1 unspecified atom stereocenters. The summed E-state index contributed by atoms with van der Waals surface area (Å²) in [6.45, 7) is 1.53. The molecule has 1 atom stereocenters. The van der Waals surface area contributed by atoms with Crippen molar-refractivity contribution in [2.75, 3.05) is 13.1 Å². The molecule has 2 aromatic heterocycles. The quantitative estimate of drug-likeness (QED) is 0.806. The summed E-state index contributed by atoms with van der Waals surface area (Å²) in [6, 6.07) is 8.15. The Balaban J connectivity index is 1.36. The number of nitrogens with one attached hydrogen (secondary N) is 1. The van der Waals surface area contributed by atoms with Gasteiger partial charge >= 0.3 is 0 Å². The minimum atomic E-state index is 0.113. The Morgan fingerprint density at radius 3 is 3.00 bits per heavy atom. The van der Waals surface area contributed by atoms with E-state index in [0.29, 0.717) is 12.0 Å². The molecule has 1 aromatic carbocycles. The van der Waals surface area contributed by atoms with Crippen molar-refractivity contribution in [2.24, 2.45) is 0 Å². The molecule has 2 fully saturated rings. The number of aromatic amines is 1. The number of H-pyrrole nitrogens is 1. The minimum Gasteiger partial charge on any atom is -0.361 e. The van der Waals surface area contributed by atoms with E-state index in [1.807, 2.05) is 41.7 Å². The first-order valence-electron chi connectivity index (χ1n) is 8.55. The van der Waals surface area contributed by atoms with E-state index in [1.54, 1.807) is 0 Å². The van der Waals surface area contributed by atoms with Gasteiger partial charge < -0.3 is 14.5 Å². The van der Waals surface area contributed by atoms with Crippen LogP contribution >= 0.6 is 0 Å². The molecule has 1 amide bonds. The Hall–Kier alpha value is -2.63. The number of amides is 1. The molecule has 24 heavy (non-hydrogen) atoms. The van der Waals surface area contributed by atoms with E-state index in [9.17, 15) is 4.79 Å². The predicted molar refractivity (Wildman–Crippen MR) is 89.9 cm³/mol. The second-order valence-corrected chi connectivity index (χ2v) is 6.84. The third-order valence-corrected chi connectivity index (χ3v) is 5.19. The molecule has 3 heterocycles. The van der Waals surface area contributed by atoms with Gasteiger partial charge in [0.2, 0.25) is 0 Å². The number of hydrogen-bond acceptors (Lipinski definition) is 3. The molecule has 1 N–H and O–H groups in total. The zero-order valence-corrected chi connectivity index (χ0v) is 13.4. The average Bonchev–Trinajstić information content (AvgIpc) is 3.06. The van der Waals surface area contributed by atoms with Crippen molar-refractivity contribution in [1.82, 2.24) is 24.6 Å². The molecule has 1 saturated heterocycles. The molecule has 5 rings (SSSR count). The number of carbonyl (C=O) groups excluding carboxylic acids is 1. The first-order chi connectivity index (χ1) is 11.8. The van der Waals surface area contributed by atoms with Gasteiger partial charge in [-0.2, -0.15) is 0 Å². The van der Waals surface area contributed by atoms with Gasteiger partial charge in [0.05, 0.1) is 6.04 Å². The van der Waals surface area contributed by atoms with E-state index in [0.717, 1.165) is 41.8 Å². The van der Waals surface area contributed by atoms with Gasteiger partial charge in [-0.3, -0.25) is 4.79 Å². The fourth-order valence-corrected chi connectivity index (χ4v) is 3.69. The first kappa shape index (κ1) is 13.8. The second-order valence-electron chi connectivity index (χ2n) is 6.84. The first-order valence-corrected chi connectivity index (χ1v) is 8.55. The smallest absolute Gasteiger partial charge is 0.253 e. The fraction of sp³-hybridized carbons (Fsp3) is 0.389. The van der Waals surface area contributed by atoms with Gasteiger partial charge in [0, 0.05) is 41.7 Å². The average molecular weight is 321 g/mol. The fourth-order valence-electron chi connectivity index (χ4n) is 3.69. The van der Waals surface area contributed by atoms with Gasteiger partial charge in [0.1, 0.15) is 12.2 Å². The van der Waals surface area contributed by atoms with Gasteiger partial charge in [-0.15, -0.1) is 10.2 Å². The molecular formula is C18H19N5O. The Morgan fingerprint density at radius 1 is 1.21 bits per heavy atom. The number of nitrogens with zero attached hydrogens (tertiary/aromatic N) is 4. The maximum atomic E-state index is 12.8. The summed E-state index contributed by atoms with van der Waals surface area (Å²) in [4.78, 5) is 17.9. The lowest BCUT2D eigenvalue weighted by Gasteiger charge is -2.18. The van der Waals surface area contributed by atoms with Crippen molar-refractivity contribution in [3.63, 3.8) is 0 Å². The summed E-state index contributed by atoms with van der Waals surface area (Å²) in [5, 5.41) is 9.45. The van der Waals surface area contributed by atoms with Crippen LogP contribution in [0.25, 0.3) is 10.9 Å². The van der Waals surface area contributed by atoms with Crippen molar-refractivity contribution in [2.45, 2.75) is 31.2 Å². The number of aromatic nitrogens is 4. The van der Waals surface area contributed by atoms with E-state index >= 15 is 0 Å². The van der Waals surface area contributed by atoms with Gasteiger partial charge in [-0.05, 0) is 43.5 Å². The normalized spacial score (nSPS) is 20.8. The van der Waals surface area contributed by atoms with Crippen LogP contribution in [0.2, 0.25) is 0 Å². The van der Waals surface area contributed by atoms with Crippen molar-refractivity contribution in [3.05, 3.63) is 48.2 Å². The SMILES string of the molecule is O=C(c1ccc2[nH]ccc2c1)N1CCC(n2cnnc2C2CC2)C1. The third kappa shape index (κ3) is 2.21. The van der Waals surface area contributed by atoms with Crippen LogP contribution in [-0.4, -0.2) is 43.6 Å². The monoisotopic (exact) mass is 321 g/mol. The second kappa shape index (κ2) is 5.19. The molecule has 6 nitrogen and oxygen atoms in total. The maximum Gasteiger partial charge on any atom is 0.253 e. The molecule has 6 heteroatoms. The Labute approximate surface area is 139 Å². The topological polar surface area (TPSA) is 66.8 Å². The lowest BCUT2D eigenvalue weighted by Crippen LogP contribution is -2.29. The lowest BCUT2D eigenvalue weighted by molar-refractivity contribution is 0.0787. The summed E-state index contributed by atoms with van der Waals surface area (Å²) in [5.74, 6) is 1.79. The van der Waals surface area contributed by atoms with Crippen LogP contribution in [-0.2, 0) is 0 Å². The summed E-state index contributed by atoms with van der Waals surface area (Å²) in [6.07, 6.45) is 7.12. The van der Waals surface area contributed by atoms with Crippen LogP contribution in [0.5, 0.6) is 0 Å². The zero-order chi connectivity index (χ0) is 16.1. The molecule has 1 aliphatic carbocycles. The highest BCUT2D eigenvalue weighted by Gasteiger charge is 2.34. The van der Waals surface area contributed by atoms with Crippen molar-refractivity contribution < 1.29 is 4.79 Å². The molecule has 0 radical (unpaired) electrons. The molecule has 0 spiro atoms. The number of likely N-dealkylation sites (tertiary alicyclic amines) is 1. The van der Waals surface area contributed by atoms with Crippen molar-refractivity contribution in [1.29, 1.82) is 0 Å². The van der Waals surface area contributed by atoms with Gasteiger partial charge in [0.15, 0.2) is 0 Å². The number of hydrogen-bond donors (Lipinski definition) is 1. The highest BCUT2D eigenvalue weighted by molar-refractivity contribution is 5.98. The van der Waals surface area contributed by atoms with E-state index in [-0.39, 0.29) is 5.91 Å². The van der Waals surface area contributed by atoms with E-state index < -0.39 is 0 Å². The summed E-state index contributed by atoms with van der Waals surface area (Å²) < 4.78 is 2.19. The van der Waals surface area contributed by atoms with Crippen LogP contribution in [0.4, 0.5) is 0 Å². The van der Waals surface area contributed by atoms with Gasteiger partial charge in [0.25, 0.3) is 5.91 Å². The van der Waals surface area contributed by atoms with Crippen LogP contribution < -0.4 is 0 Å². The minimum absolute atomic E-state index is 0.113. The predicted octanol–water partition coefficient (Wildman–Crippen LogP) is 2.72. The van der Waals surface area contributed by atoms with E-state index in [4.69, 9.17) is 0 Å². The highest BCUT2D eigenvalue weighted by Crippen LogP contribution is 2.40. The summed E-state index contributed by atoms with van der Waals surface area (Å²) in [7, 11) is 0. The maximum absolute atomic E-state index is 12.8. The third-order valence-electron chi connectivity index (χ3n) is 5.19. The van der Waals surface area contributed by atoms with E-state index in [1.165, 1.54) is 12.8 Å². The van der Waals surface area contributed by atoms with Crippen LogP contribution in [0.1, 0.15) is 47.4 Å². The highest BCUT2D eigenvalue weighted by atomic mass is 16.2. The van der Waals surface area contributed by atoms with Crippen LogP contribution in [0.15, 0.2) is 36.8 Å². The molecule has 0 bridgehead atoms. The van der Waals surface area contributed by atoms with Crippen molar-refractivity contribution >= 4 is 16.8 Å². The van der Waals surface area contributed by atoms with Gasteiger partial charge in [-0.25, -0.2) is 0 Å². The molecule has 2 aliphatic rings. The number of carbonyl (C=O) groups is 1. The number of fused-ring (bicyclic) bond motifs is 1. The van der Waals surface area contributed by atoms with Crippen LogP contribution in [0, 0.1) is 0 Å². The van der Waals surface area contributed by atoms with Crippen molar-refractivity contribution in [3.8, 4) is 0 Å². The lowest BCUT2D eigenvalue weighted by atomic mass is 10.1. The standard InChI is InChI=1S/C18H19N5O/c24-18(14-3-4-16-13(9-14)5-7-19-16)22-8-6-15(10-22)23-11-20-21-17(23)12-1-2-12/h3-5,7,9,11-12,15,19H,1-2,6,8,10H2. The molecule has 1 aliphatic heterocycles. The Morgan fingerprint density at radius 2 is 2.12 bits per heavy atom. The number of rotatable bonds is 3. The van der Waals surface area contributed by atoms with Crippen LogP contribution in [0.3, 0.4) is 0 Å². The van der Waals surface area contributed by atoms with Gasteiger partial charge in [-0.1, -0.05) is 0 Å².